The molecule has 1 fully saturated rings. The highest BCUT2D eigenvalue weighted by Crippen LogP contribution is 2.22. The fourth-order valence-electron chi connectivity index (χ4n) is 2.36. The highest BCUT2D eigenvalue weighted by molar-refractivity contribution is 6.35. The summed E-state index contributed by atoms with van der Waals surface area (Å²) in [4.78, 5) is 26.8. The average Bonchev–Trinajstić information content (AvgIpc) is 2.66. The predicted octanol–water partition coefficient (Wildman–Crippen LogP) is 2.23. The summed E-state index contributed by atoms with van der Waals surface area (Å²) in [5.74, 6) is -1.02. The van der Waals surface area contributed by atoms with Crippen molar-refractivity contribution >= 4 is 35.1 Å². The lowest BCUT2D eigenvalue weighted by Crippen LogP contribution is -2.36. The molecule has 1 heterocycles. The molecule has 0 aliphatic carbocycles. The predicted molar refractivity (Wildman–Crippen MR) is 81.1 cm³/mol. The van der Waals surface area contributed by atoms with Crippen molar-refractivity contribution in [3.8, 4) is 0 Å². The molecule has 1 aromatic carbocycles. The van der Waals surface area contributed by atoms with E-state index in [2.05, 4.69) is 0 Å². The Morgan fingerprint density at radius 3 is 2.62 bits per heavy atom. The number of carboxylic acid groups (broad SMARTS) is 1. The van der Waals surface area contributed by atoms with Crippen LogP contribution in [-0.2, 0) is 4.79 Å². The summed E-state index contributed by atoms with van der Waals surface area (Å²) in [5, 5.41) is 9.66. The number of halogens is 2. The normalized spacial score (nSPS) is 16.6. The molecule has 21 heavy (non-hydrogen) atoms. The molecule has 1 N–H and O–H groups in total. The molecular formula is C14H16Cl2N2O3. The number of benzene rings is 1. The molecule has 0 bridgehead atoms. The third-order valence-corrected chi connectivity index (χ3v) is 3.96. The average molecular weight is 331 g/mol. The minimum Gasteiger partial charge on any atom is -0.480 e. The third-order valence-electron chi connectivity index (χ3n) is 3.39. The van der Waals surface area contributed by atoms with Crippen molar-refractivity contribution in [1.29, 1.82) is 0 Å². The Labute approximate surface area is 133 Å². The SMILES string of the molecule is O=C(O)CN1CCCN(C(=O)c2cc(Cl)ccc2Cl)CC1. The molecule has 1 aromatic rings. The van der Waals surface area contributed by atoms with Gasteiger partial charge in [-0.3, -0.25) is 14.5 Å². The zero-order chi connectivity index (χ0) is 15.4. The van der Waals surface area contributed by atoms with E-state index in [-0.39, 0.29) is 12.5 Å². The van der Waals surface area contributed by atoms with Gasteiger partial charge in [0.05, 0.1) is 17.1 Å². The van der Waals surface area contributed by atoms with E-state index in [9.17, 15) is 9.59 Å². The smallest absolute Gasteiger partial charge is 0.317 e. The monoisotopic (exact) mass is 330 g/mol. The van der Waals surface area contributed by atoms with Crippen LogP contribution in [0, 0.1) is 0 Å². The standard InChI is InChI=1S/C14H16Cl2N2O3/c15-10-2-3-12(16)11(8-10)14(21)18-5-1-4-17(6-7-18)9-13(19)20/h2-3,8H,1,4-7,9H2,(H,19,20). The van der Waals surface area contributed by atoms with Crippen molar-refractivity contribution in [3.05, 3.63) is 33.8 Å². The van der Waals surface area contributed by atoms with E-state index in [1.165, 1.54) is 0 Å². The first kappa shape index (κ1) is 16.1. The van der Waals surface area contributed by atoms with E-state index in [1.54, 1.807) is 23.1 Å². The topological polar surface area (TPSA) is 60.9 Å². The van der Waals surface area contributed by atoms with Crippen LogP contribution < -0.4 is 0 Å². The van der Waals surface area contributed by atoms with Crippen molar-refractivity contribution in [2.45, 2.75) is 6.42 Å². The van der Waals surface area contributed by atoms with E-state index in [0.29, 0.717) is 41.8 Å². The maximum absolute atomic E-state index is 12.5. The first-order valence-electron chi connectivity index (χ1n) is 6.66. The van der Waals surface area contributed by atoms with E-state index in [1.807, 2.05) is 4.90 Å². The molecular weight excluding hydrogens is 315 g/mol. The van der Waals surface area contributed by atoms with Crippen molar-refractivity contribution in [1.82, 2.24) is 9.80 Å². The summed E-state index contributed by atoms with van der Waals surface area (Å²) in [6.45, 7) is 2.27. The maximum Gasteiger partial charge on any atom is 0.317 e. The molecule has 0 atom stereocenters. The van der Waals surface area contributed by atoms with Crippen molar-refractivity contribution in [3.63, 3.8) is 0 Å². The molecule has 0 radical (unpaired) electrons. The molecule has 1 aliphatic rings. The summed E-state index contributed by atoms with van der Waals surface area (Å²) in [6, 6.07) is 4.80. The van der Waals surface area contributed by atoms with Gasteiger partial charge in [0.25, 0.3) is 5.91 Å². The van der Waals surface area contributed by atoms with Gasteiger partial charge in [-0.25, -0.2) is 0 Å². The summed E-state index contributed by atoms with van der Waals surface area (Å²) >= 11 is 12.0. The van der Waals surface area contributed by atoms with Gasteiger partial charge in [0, 0.05) is 31.2 Å². The number of aliphatic carboxylic acids is 1. The van der Waals surface area contributed by atoms with Gasteiger partial charge in [-0.15, -0.1) is 0 Å². The number of rotatable bonds is 3. The zero-order valence-electron chi connectivity index (χ0n) is 11.4. The number of carbonyl (C=O) groups is 2. The molecule has 7 heteroatoms. The number of hydrogen-bond acceptors (Lipinski definition) is 3. The molecule has 0 spiro atoms. The van der Waals surface area contributed by atoms with Crippen molar-refractivity contribution < 1.29 is 14.7 Å². The second kappa shape index (κ2) is 7.11. The lowest BCUT2D eigenvalue weighted by atomic mass is 10.2. The van der Waals surface area contributed by atoms with Crippen LogP contribution in [0.3, 0.4) is 0 Å². The summed E-state index contributed by atoms with van der Waals surface area (Å²) < 4.78 is 0. The minimum atomic E-state index is -0.854. The van der Waals surface area contributed by atoms with Gasteiger partial charge in [-0.05, 0) is 24.6 Å². The largest absolute Gasteiger partial charge is 0.480 e. The third kappa shape index (κ3) is 4.33. The van der Waals surface area contributed by atoms with Crippen molar-refractivity contribution in [2.24, 2.45) is 0 Å². The molecule has 0 aromatic heterocycles. The summed E-state index contributed by atoms with van der Waals surface area (Å²) in [6.07, 6.45) is 0.733. The fraction of sp³-hybridized carbons (Fsp3) is 0.429. The van der Waals surface area contributed by atoms with Crippen LogP contribution in [0.5, 0.6) is 0 Å². The van der Waals surface area contributed by atoms with E-state index in [4.69, 9.17) is 28.3 Å². The molecule has 1 aliphatic heterocycles. The van der Waals surface area contributed by atoms with Gasteiger partial charge in [-0.1, -0.05) is 23.2 Å². The van der Waals surface area contributed by atoms with Crippen LogP contribution in [-0.4, -0.2) is 59.5 Å². The Bertz CT molecular complexity index is 551. The first-order chi connectivity index (χ1) is 9.97. The van der Waals surface area contributed by atoms with Gasteiger partial charge in [0.1, 0.15) is 0 Å². The second-order valence-electron chi connectivity index (χ2n) is 4.94. The Hall–Kier alpha value is -1.30. The molecule has 114 valence electrons. The number of amides is 1. The van der Waals surface area contributed by atoms with Crippen LogP contribution >= 0.6 is 23.2 Å². The van der Waals surface area contributed by atoms with Gasteiger partial charge in [0.2, 0.25) is 0 Å². The van der Waals surface area contributed by atoms with Crippen LogP contribution in [0.4, 0.5) is 0 Å². The maximum atomic E-state index is 12.5. The van der Waals surface area contributed by atoms with E-state index < -0.39 is 5.97 Å². The Kier molecular flexibility index (Phi) is 5.45. The molecule has 0 unspecified atom stereocenters. The summed E-state index contributed by atoms with van der Waals surface area (Å²) in [7, 11) is 0. The van der Waals surface area contributed by atoms with Crippen LogP contribution in [0.25, 0.3) is 0 Å². The van der Waals surface area contributed by atoms with Gasteiger partial charge < -0.3 is 10.0 Å². The van der Waals surface area contributed by atoms with Gasteiger partial charge >= 0.3 is 5.97 Å². The number of hydrogen-bond donors (Lipinski definition) is 1. The lowest BCUT2D eigenvalue weighted by molar-refractivity contribution is -0.138. The van der Waals surface area contributed by atoms with E-state index >= 15 is 0 Å². The summed E-state index contributed by atoms with van der Waals surface area (Å²) in [5.41, 5.74) is 0.385. The van der Waals surface area contributed by atoms with Gasteiger partial charge in [-0.2, -0.15) is 0 Å². The Morgan fingerprint density at radius 2 is 1.90 bits per heavy atom. The quantitative estimate of drug-likeness (QED) is 0.923. The second-order valence-corrected chi connectivity index (χ2v) is 5.78. The molecule has 2 rings (SSSR count). The molecule has 1 saturated heterocycles. The number of nitrogens with zero attached hydrogens (tertiary/aromatic N) is 2. The minimum absolute atomic E-state index is 0.0000478. The lowest BCUT2D eigenvalue weighted by Gasteiger charge is -2.21. The van der Waals surface area contributed by atoms with E-state index in [0.717, 1.165) is 6.42 Å². The Morgan fingerprint density at radius 1 is 1.14 bits per heavy atom. The highest BCUT2D eigenvalue weighted by atomic mass is 35.5. The molecule has 0 saturated carbocycles. The van der Waals surface area contributed by atoms with Crippen LogP contribution in [0.2, 0.25) is 10.0 Å². The fourth-order valence-corrected chi connectivity index (χ4v) is 2.73. The van der Waals surface area contributed by atoms with Crippen LogP contribution in [0.15, 0.2) is 18.2 Å². The highest BCUT2D eigenvalue weighted by Gasteiger charge is 2.22. The Balaban J connectivity index is 2.06. The van der Waals surface area contributed by atoms with Gasteiger partial charge in [0.15, 0.2) is 0 Å². The molecule has 5 nitrogen and oxygen atoms in total. The number of carboxylic acids is 1. The molecule has 1 amide bonds. The first-order valence-corrected chi connectivity index (χ1v) is 7.41. The van der Waals surface area contributed by atoms with Crippen molar-refractivity contribution in [2.75, 3.05) is 32.7 Å². The zero-order valence-corrected chi connectivity index (χ0v) is 12.9. The van der Waals surface area contributed by atoms with Crippen LogP contribution in [0.1, 0.15) is 16.8 Å². The number of carbonyl (C=O) groups excluding carboxylic acids is 1.